The molecule has 33 heavy (non-hydrogen) atoms. The summed E-state index contributed by atoms with van der Waals surface area (Å²) in [6.45, 7) is 6.58. The second-order valence-electron chi connectivity index (χ2n) is 8.90. The molecule has 0 unspecified atom stereocenters. The summed E-state index contributed by atoms with van der Waals surface area (Å²) in [5.41, 5.74) is 3.76. The Morgan fingerprint density at radius 2 is 1.85 bits per heavy atom. The summed E-state index contributed by atoms with van der Waals surface area (Å²) in [5.74, 6) is 0.0410. The summed E-state index contributed by atoms with van der Waals surface area (Å²) < 4.78 is 21.6. The highest BCUT2D eigenvalue weighted by Crippen LogP contribution is 2.34. The van der Waals surface area contributed by atoms with Crippen molar-refractivity contribution in [3.63, 3.8) is 0 Å². The normalized spacial score (nSPS) is 18.2. The lowest BCUT2D eigenvalue weighted by Crippen LogP contribution is -2.63. The van der Waals surface area contributed by atoms with E-state index in [1.165, 1.54) is 13.2 Å². The largest absolute Gasteiger partial charge is 0.497 e. The van der Waals surface area contributed by atoms with Gasteiger partial charge in [0.15, 0.2) is 11.5 Å². The molecular weight excluding hydrogens is 421 g/mol. The van der Waals surface area contributed by atoms with Gasteiger partial charge in [-0.1, -0.05) is 0 Å². The van der Waals surface area contributed by atoms with Gasteiger partial charge >= 0.3 is 0 Å². The first-order valence-electron chi connectivity index (χ1n) is 11.2. The molecule has 3 aromatic heterocycles. The van der Waals surface area contributed by atoms with E-state index in [-0.39, 0.29) is 0 Å². The van der Waals surface area contributed by atoms with E-state index in [0.717, 1.165) is 61.7 Å². The Balaban J connectivity index is 1.28. The minimum atomic E-state index is -0.411. The van der Waals surface area contributed by atoms with Crippen molar-refractivity contribution < 1.29 is 9.13 Å². The van der Waals surface area contributed by atoms with Crippen molar-refractivity contribution >= 4 is 22.2 Å². The van der Waals surface area contributed by atoms with Crippen molar-refractivity contribution in [2.75, 3.05) is 58.3 Å². The summed E-state index contributed by atoms with van der Waals surface area (Å²) >= 11 is 0. The Hall–Kier alpha value is -3.30. The van der Waals surface area contributed by atoms with Crippen LogP contribution in [0.2, 0.25) is 0 Å². The van der Waals surface area contributed by atoms with Gasteiger partial charge in [-0.3, -0.25) is 9.88 Å². The Labute approximate surface area is 191 Å². The molecule has 6 rings (SSSR count). The molecule has 0 bridgehead atoms. The van der Waals surface area contributed by atoms with E-state index in [4.69, 9.17) is 9.72 Å². The zero-order valence-electron chi connectivity index (χ0n) is 18.8. The first-order chi connectivity index (χ1) is 16.1. The van der Waals surface area contributed by atoms with Gasteiger partial charge in [0, 0.05) is 68.5 Å². The highest BCUT2D eigenvalue weighted by Gasteiger charge is 2.33. The van der Waals surface area contributed by atoms with Crippen LogP contribution in [0.25, 0.3) is 27.7 Å². The van der Waals surface area contributed by atoms with Crippen LogP contribution in [0.3, 0.4) is 0 Å². The van der Waals surface area contributed by atoms with Crippen LogP contribution in [0.4, 0.5) is 10.1 Å². The number of hydrogen-bond acceptors (Lipinski definition) is 7. The monoisotopic (exact) mass is 447 g/mol. The van der Waals surface area contributed by atoms with E-state index < -0.39 is 5.82 Å². The standard InChI is InChI=1S/C24H26FN7O/c1-29-5-7-30(8-6-29)17-13-31(14-17)16-11-27-24-21(12-28-32(24)15-16)19-3-4-26-23-20(19)9-18(33-2)10-22(23)25/h3-4,9-12,15,17H,5-8,13-14H2,1-2H3. The van der Waals surface area contributed by atoms with Crippen molar-refractivity contribution in [1.82, 2.24) is 29.4 Å². The molecule has 0 atom stereocenters. The van der Waals surface area contributed by atoms with Crippen LogP contribution in [0.1, 0.15) is 0 Å². The number of aromatic nitrogens is 4. The van der Waals surface area contributed by atoms with Gasteiger partial charge in [-0.15, -0.1) is 0 Å². The zero-order chi connectivity index (χ0) is 22.5. The Morgan fingerprint density at radius 1 is 1.03 bits per heavy atom. The molecule has 0 spiro atoms. The Morgan fingerprint density at radius 3 is 2.64 bits per heavy atom. The van der Waals surface area contributed by atoms with E-state index in [2.05, 4.69) is 31.8 Å². The molecule has 8 nitrogen and oxygen atoms in total. The third kappa shape index (κ3) is 3.48. The second kappa shape index (κ2) is 7.93. The average Bonchev–Trinajstić information content (AvgIpc) is 3.22. The number of hydrogen-bond donors (Lipinski definition) is 0. The smallest absolute Gasteiger partial charge is 0.162 e. The molecule has 0 N–H and O–H groups in total. The molecule has 2 aliphatic rings. The van der Waals surface area contributed by atoms with E-state index in [9.17, 15) is 4.39 Å². The maximum atomic E-state index is 14.6. The van der Waals surface area contributed by atoms with Crippen LogP contribution in [-0.4, -0.2) is 88.8 Å². The number of halogens is 1. The topological polar surface area (TPSA) is 62.0 Å². The fourth-order valence-corrected chi connectivity index (χ4v) is 4.84. The molecule has 170 valence electrons. The minimum absolute atomic E-state index is 0.305. The molecule has 2 saturated heterocycles. The first kappa shape index (κ1) is 20.3. The van der Waals surface area contributed by atoms with Crippen LogP contribution in [-0.2, 0) is 0 Å². The number of benzene rings is 1. The molecule has 0 radical (unpaired) electrons. The molecular formula is C24H26FN7O. The fourth-order valence-electron chi connectivity index (χ4n) is 4.84. The molecule has 0 amide bonds. The summed E-state index contributed by atoms with van der Waals surface area (Å²) in [7, 11) is 3.71. The second-order valence-corrected chi connectivity index (χ2v) is 8.90. The number of nitrogens with zero attached hydrogens (tertiary/aromatic N) is 7. The van der Waals surface area contributed by atoms with Gasteiger partial charge in [-0.05, 0) is 24.7 Å². The summed E-state index contributed by atoms with van der Waals surface area (Å²) in [6, 6.07) is 5.62. The average molecular weight is 448 g/mol. The van der Waals surface area contributed by atoms with Crippen molar-refractivity contribution in [2.24, 2.45) is 0 Å². The van der Waals surface area contributed by atoms with Crippen LogP contribution in [0.5, 0.6) is 5.75 Å². The van der Waals surface area contributed by atoms with Gasteiger partial charge in [0.2, 0.25) is 0 Å². The number of rotatable bonds is 4. The molecule has 4 aromatic rings. The van der Waals surface area contributed by atoms with Gasteiger partial charge in [0.25, 0.3) is 0 Å². The lowest BCUT2D eigenvalue weighted by atomic mass is 10.0. The molecule has 0 aliphatic carbocycles. The zero-order valence-corrected chi connectivity index (χ0v) is 18.8. The van der Waals surface area contributed by atoms with Gasteiger partial charge in [0.05, 0.1) is 31.4 Å². The number of fused-ring (bicyclic) bond motifs is 2. The number of anilines is 1. The summed E-state index contributed by atoms with van der Waals surface area (Å²) in [5, 5.41) is 5.23. The Kier molecular flexibility index (Phi) is 4.88. The number of piperazine rings is 1. The maximum absolute atomic E-state index is 14.6. The van der Waals surface area contributed by atoms with E-state index >= 15 is 0 Å². The lowest BCUT2D eigenvalue weighted by molar-refractivity contribution is 0.0963. The fraction of sp³-hybridized carbons (Fsp3) is 0.375. The third-order valence-electron chi connectivity index (χ3n) is 6.92. The SMILES string of the molecule is COc1cc(F)c2nccc(-c3cnn4cc(N5CC(N6CCN(C)CC6)C5)cnc34)c2c1. The predicted molar refractivity (Wildman–Crippen MR) is 125 cm³/mol. The predicted octanol–water partition coefficient (Wildman–Crippen LogP) is 2.53. The van der Waals surface area contributed by atoms with Crippen molar-refractivity contribution in [2.45, 2.75) is 6.04 Å². The van der Waals surface area contributed by atoms with Gasteiger partial charge in [0.1, 0.15) is 11.3 Å². The van der Waals surface area contributed by atoms with Gasteiger partial charge < -0.3 is 14.5 Å². The third-order valence-corrected chi connectivity index (χ3v) is 6.92. The van der Waals surface area contributed by atoms with Crippen LogP contribution >= 0.6 is 0 Å². The number of ether oxygens (including phenoxy) is 1. The van der Waals surface area contributed by atoms with E-state index in [1.54, 1.807) is 23.0 Å². The van der Waals surface area contributed by atoms with E-state index in [0.29, 0.717) is 22.7 Å². The number of likely N-dealkylation sites (N-methyl/N-ethyl adjacent to an activating group) is 1. The molecule has 2 fully saturated rings. The Bertz CT molecular complexity index is 1330. The van der Waals surface area contributed by atoms with Crippen molar-refractivity contribution in [3.8, 4) is 16.9 Å². The highest BCUT2D eigenvalue weighted by atomic mass is 19.1. The minimum Gasteiger partial charge on any atom is -0.497 e. The van der Waals surface area contributed by atoms with E-state index in [1.807, 2.05) is 18.5 Å². The molecule has 0 saturated carbocycles. The van der Waals surface area contributed by atoms with Crippen LogP contribution < -0.4 is 9.64 Å². The lowest BCUT2D eigenvalue weighted by Gasteiger charge is -2.48. The number of pyridine rings is 1. The summed E-state index contributed by atoms with van der Waals surface area (Å²) in [4.78, 5) is 16.3. The van der Waals surface area contributed by atoms with Crippen molar-refractivity contribution in [1.29, 1.82) is 0 Å². The van der Waals surface area contributed by atoms with Crippen LogP contribution in [0.15, 0.2) is 43.0 Å². The molecule has 9 heteroatoms. The maximum Gasteiger partial charge on any atom is 0.162 e. The van der Waals surface area contributed by atoms with Crippen LogP contribution in [0, 0.1) is 5.82 Å². The van der Waals surface area contributed by atoms with Crippen molar-refractivity contribution in [3.05, 3.63) is 48.8 Å². The summed E-state index contributed by atoms with van der Waals surface area (Å²) in [6.07, 6.45) is 7.33. The molecule has 2 aliphatic heterocycles. The van der Waals surface area contributed by atoms with Gasteiger partial charge in [-0.25, -0.2) is 13.9 Å². The van der Waals surface area contributed by atoms with Gasteiger partial charge in [-0.2, -0.15) is 5.10 Å². The quantitative estimate of drug-likeness (QED) is 0.476. The first-order valence-corrected chi connectivity index (χ1v) is 11.2. The number of methoxy groups -OCH3 is 1. The highest BCUT2D eigenvalue weighted by molar-refractivity contribution is 5.98. The molecule has 1 aromatic carbocycles. The molecule has 5 heterocycles.